The fraction of sp³-hybridized carbons (Fsp3) is 0.500. The van der Waals surface area contributed by atoms with E-state index in [1.165, 1.54) is 6.42 Å². The molecule has 2 saturated heterocycles. The maximum Gasteiger partial charge on any atom is 0.264 e. The molecule has 5 rings (SSSR count). The first-order valence-corrected chi connectivity index (χ1v) is 12.1. The zero-order valence-electron chi connectivity index (χ0n) is 17.8. The highest BCUT2D eigenvalue weighted by Crippen LogP contribution is 2.40. The maximum atomic E-state index is 13.3. The van der Waals surface area contributed by atoms with E-state index in [9.17, 15) is 9.59 Å². The van der Waals surface area contributed by atoms with Crippen LogP contribution in [0, 0.1) is 5.92 Å². The molecule has 0 N–H and O–H groups in total. The Balaban J connectivity index is 1.33. The summed E-state index contributed by atoms with van der Waals surface area (Å²) >= 11 is 1.59. The largest absolute Gasteiger partial charge is 0.378 e. The molecule has 2 amide bonds. The summed E-state index contributed by atoms with van der Waals surface area (Å²) in [6.07, 6.45) is 3.22. The summed E-state index contributed by atoms with van der Waals surface area (Å²) < 4.78 is 5.53. The number of nitrogens with zero attached hydrogens (tertiary/aromatic N) is 3. The van der Waals surface area contributed by atoms with E-state index in [0.717, 1.165) is 46.9 Å². The van der Waals surface area contributed by atoms with Crippen LogP contribution in [-0.2, 0) is 9.53 Å². The van der Waals surface area contributed by atoms with Gasteiger partial charge in [-0.05, 0) is 24.5 Å². The number of anilines is 1. The van der Waals surface area contributed by atoms with Crippen molar-refractivity contribution in [3.05, 3.63) is 41.3 Å². The molecular formula is C24H29N3O3S. The van der Waals surface area contributed by atoms with Crippen LogP contribution in [0.2, 0.25) is 0 Å². The van der Waals surface area contributed by atoms with Gasteiger partial charge in [0.05, 0.1) is 23.1 Å². The van der Waals surface area contributed by atoms with E-state index in [2.05, 4.69) is 23.1 Å². The van der Waals surface area contributed by atoms with E-state index in [1.807, 2.05) is 28.0 Å². The van der Waals surface area contributed by atoms with Gasteiger partial charge >= 0.3 is 0 Å². The van der Waals surface area contributed by atoms with Crippen LogP contribution in [0.5, 0.6) is 0 Å². The van der Waals surface area contributed by atoms with Gasteiger partial charge in [0.1, 0.15) is 0 Å². The van der Waals surface area contributed by atoms with Gasteiger partial charge in [-0.25, -0.2) is 0 Å². The number of hydrogen-bond donors (Lipinski definition) is 0. The standard InChI is InChI=1S/C24H29N3O3S/c28-22(19-7-4-8-19)25-9-11-26(12-10-25)23(29)21-17-20(18-5-2-1-3-6-18)24(31-21)27-13-15-30-16-14-27/h1-3,5-6,17,19H,4,7-16H2. The minimum atomic E-state index is 0.0810. The molecule has 164 valence electrons. The minimum absolute atomic E-state index is 0.0810. The molecule has 1 aliphatic carbocycles. The second-order valence-corrected chi connectivity index (χ2v) is 9.57. The Morgan fingerprint density at radius 1 is 0.903 bits per heavy atom. The van der Waals surface area contributed by atoms with Crippen LogP contribution in [0.25, 0.3) is 11.1 Å². The predicted molar refractivity (Wildman–Crippen MR) is 123 cm³/mol. The van der Waals surface area contributed by atoms with Crippen molar-refractivity contribution in [2.75, 3.05) is 57.4 Å². The second-order valence-electron chi connectivity index (χ2n) is 8.54. The van der Waals surface area contributed by atoms with E-state index in [1.54, 1.807) is 11.3 Å². The molecule has 7 heteroatoms. The van der Waals surface area contributed by atoms with Crippen molar-refractivity contribution in [3.8, 4) is 11.1 Å². The van der Waals surface area contributed by atoms with Crippen LogP contribution in [-0.4, -0.2) is 74.1 Å². The number of benzene rings is 1. The fourth-order valence-corrected chi connectivity index (χ4v) is 5.71. The van der Waals surface area contributed by atoms with Crippen LogP contribution in [0.1, 0.15) is 28.9 Å². The van der Waals surface area contributed by atoms with Gasteiger partial charge in [-0.15, -0.1) is 11.3 Å². The van der Waals surface area contributed by atoms with E-state index < -0.39 is 0 Å². The highest BCUT2D eigenvalue weighted by atomic mass is 32.1. The molecule has 0 unspecified atom stereocenters. The Hall–Kier alpha value is -2.38. The van der Waals surface area contributed by atoms with Crippen molar-refractivity contribution in [1.82, 2.24) is 9.80 Å². The third kappa shape index (κ3) is 4.21. The maximum absolute atomic E-state index is 13.3. The first-order valence-electron chi connectivity index (χ1n) is 11.3. The predicted octanol–water partition coefficient (Wildman–Crippen LogP) is 3.34. The number of amides is 2. The minimum Gasteiger partial charge on any atom is -0.378 e. The van der Waals surface area contributed by atoms with Crippen molar-refractivity contribution >= 4 is 28.2 Å². The molecule has 0 radical (unpaired) electrons. The Bertz CT molecular complexity index is 927. The van der Waals surface area contributed by atoms with Gasteiger partial charge < -0.3 is 19.4 Å². The van der Waals surface area contributed by atoms with Crippen LogP contribution in [0.15, 0.2) is 36.4 Å². The van der Waals surface area contributed by atoms with Crippen molar-refractivity contribution in [2.24, 2.45) is 5.92 Å². The Kier molecular flexibility index (Phi) is 5.96. The lowest BCUT2D eigenvalue weighted by Crippen LogP contribution is -2.52. The number of carbonyl (C=O) groups excluding carboxylic acids is 2. The summed E-state index contributed by atoms with van der Waals surface area (Å²) in [7, 11) is 0. The average Bonchev–Trinajstić information content (AvgIpc) is 3.24. The topological polar surface area (TPSA) is 53.1 Å². The molecule has 1 saturated carbocycles. The van der Waals surface area contributed by atoms with Crippen molar-refractivity contribution in [2.45, 2.75) is 19.3 Å². The Morgan fingerprint density at radius 2 is 1.58 bits per heavy atom. The molecule has 3 fully saturated rings. The van der Waals surface area contributed by atoms with E-state index in [-0.39, 0.29) is 17.7 Å². The van der Waals surface area contributed by atoms with Crippen LogP contribution in [0.4, 0.5) is 5.00 Å². The van der Waals surface area contributed by atoms with Gasteiger partial charge in [-0.1, -0.05) is 36.8 Å². The number of morpholine rings is 1. The second kappa shape index (κ2) is 9.01. The highest BCUT2D eigenvalue weighted by molar-refractivity contribution is 7.18. The molecular weight excluding hydrogens is 410 g/mol. The van der Waals surface area contributed by atoms with Gasteiger partial charge in [0.2, 0.25) is 5.91 Å². The van der Waals surface area contributed by atoms with Gasteiger partial charge in [0, 0.05) is 50.7 Å². The lowest BCUT2D eigenvalue weighted by atomic mass is 9.84. The number of rotatable bonds is 4. The van der Waals surface area contributed by atoms with Gasteiger partial charge in [-0.3, -0.25) is 9.59 Å². The Morgan fingerprint density at radius 3 is 2.23 bits per heavy atom. The van der Waals surface area contributed by atoms with Crippen LogP contribution >= 0.6 is 11.3 Å². The molecule has 6 nitrogen and oxygen atoms in total. The summed E-state index contributed by atoms with van der Waals surface area (Å²) in [5.41, 5.74) is 2.25. The summed E-state index contributed by atoms with van der Waals surface area (Å²) in [5, 5.41) is 1.15. The first-order chi connectivity index (χ1) is 15.2. The lowest BCUT2D eigenvalue weighted by molar-refractivity contribution is -0.139. The van der Waals surface area contributed by atoms with Crippen molar-refractivity contribution < 1.29 is 14.3 Å². The van der Waals surface area contributed by atoms with Gasteiger partial charge in [-0.2, -0.15) is 0 Å². The fourth-order valence-electron chi connectivity index (χ4n) is 4.51. The number of piperazine rings is 1. The lowest BCUT2D eigenvalue weighted by Gasteiger charge is -2.38. The quantitative estimate of drug-likeness (QED) is 0.733. The van der Waals surface area contributed by atoms with E-state index >= 15 is 0 Å². The summed E-state index contributed by atoms with van der Waals surface area (Å²) in [6.45, 7) is 5.64. The molecule has 1 aromatic carbocycles. The zero-order valence-corrected chi connectivity index (χ0v) is 18.6. The molecule has 1 aromatic heterocycles. The zero-order chi connectivity index (χ0) is 21.2. The molecule has 0 bridgehead atoms. The summed E-state index contributed by atoms with van der Waals surface area (Å²) in [4.78, 5) is 32.8. The number of ether oxygens (including phenoxy) is 1. The average molecular weight is 440 g/mol. The number of carbonyl (C=O) groups is 2. The molecule has 31 heavy (non-hydrogen) atoms. The molecule has 2 aromatic rings. The van der Waals surface area contributed by atoms with Crippen LogP contribution < -0.4 is 4.90 Å². The van der Waals surface area contributed by atoms with Crippen molar-refractivity contribution in [1.29, 1.82) is 0 Å². The summed E-state index contributed by atoms with van der Waals surface area (Å²) in [5.74, 6) is 0.594. The molecule has 2 aliphatic heterocycles. The Labute approximate surface area is 187 Å². The first kappa shape index (κ1) is 20.5. The number of thiophene rings is 1. The van der Waals surface area contributed by atoms with Gasteiger partial charge in [0.15, 0.2) is 0 Å². The molecule has 3 heterocycles. The highest BCUT2D eigenvalue weighted by Gasteiger charge is 2.33. The third-order valence-corrected chi connectivity index (χ3v) is 7.82. The van der Waals surface area contributed by atoms with Gasteiger partial charge in [0.25, 0.3) is 5.91 Å². The van der Waals surface area contributed by atoms with Crippen molar-refractivity contribution in [3.63, 3.8) is 0 Å². The molecule has 3 aliphatic rings. The monoisotopic (exact) mass is 439 g/mol. The normalized spacial score (nSPS) is 19.9. The summed E-state index contributed by atoms with van der Waals surface area (Å²) in [6, 6.07) is 12.3. The SMILES string of the molecule is O=C(c1cc(-c2ccccc2)c(N2CCOCC2)s1)N1CCN(C(=O)C2CCC2)CC1. The van der Waals surface area contributed by atoms with Crippen LogP contribution in [0.3, 0.4) is 0 Å². The molecule has 0 spiro atoms. The smallest absolute Gasteiger partial charge is 0.264 e. The molecule has 0 atom stereocenters. The van der Waals surface area contributed by atoms with E-state index in [0.29, 0.717) is 39.4 Å². The third-order valence-electron chi connectivity index (χ3n) is 6.64. The number of hydrogen-bond acceptors (Lipinski definition) is 5. The van der Waals surface area contributed by atoms with E-state index in [4.69, 9.17) is 4.74 Å².